The lowest BCUT2D eigenvalue weighted by atomic mass is 9.90. The Labute approximate surface area is 164 Å². The first-order chi connectivity index (χ1) is 13.5. The van der Waals surface area contributed by atoms with E-state index < -0.39 is 5.60 Å². The Bertz CT molecular complexity index is 848. The summed E-state index contributed by atoms with van der Waals surface area (Å²) in [6, 6.07) is 14.7. The van der Waals surface area contributed by atoms with Crippen molar-refractivity contribution in [2.75, 3.05) is 18.6 Å². The van der Waals surface area contributed by atoms with Crippen LogP contribution in [0.4, 0.5) is 5.69 Å². The van der Waals surface area contributed by atoms with Gasteiger partial charge in [-0.1, -0.05) is 30.3 Å². The lowest BCUT2D eigenvalue weighted by molar-refractivity contribution is -0.144. The number of fused-ring (bicyclic) bond motifs is 1. The van der Waals surface area contributed by atoms with Crippen LogP contribution < -0.4 is 9.64 Å². The highest BCUT2D eigenvalue weighted by molar-refractivity contribution is 6.06. The van der Waals surface area contributed by atoms with Gasteiger partial charge in [0.2, 0.25) is 0 Å². The molecule has 1 aliphatic heterocycles. The maximum atomic E-state index is 13.1. The fourth-order valence-corrected chi connectivity index (χ4v) is 3.54. The zero-order valence-corrected chi connectivity index (χ0v) is 16.2. The molecule has 1 atom stereocenters. The van der Waals surface area contributed by atoms with E-state index in [-0.39, 0.29) is 24.7 Å². The third-order valence-electron chi connectivity index (χ3n) is 4.96. The van der Waals surface area contributed by atoms with Gasteiger partial charge >= 0.3 is 5.97 Å². The molecule has 0 aliphatic carbocycles. The highest BCUT2D eigenvalue weighted by Crippen LogP contribution is 2.43. The molecule has 2 aromatic rings. The molecule has 3 rings (SSSR count). The van der Waals surface area contributed by atoms with E-state index in [1.807, 2.05) is 36.4 Å². The number of aliphatic hydroxyl groups is 1. The highest BCUT2D eigenvalue weighted by atomic mass is 16.5. The van der Waals surface area contributed by atoms with E-state index in [0.29, 0.717) is 30.8 Å². The van der Waals surface area contributed by atoms with Gasteiger partial charge in [-0.05, 0) is 43.5 Å². The Kier molecular flexibility index (Phi) is 5.99. The van der Waals surface area contributed by atoms with Crippen molar-refractivity contribution in [1.29, 1.82) is 0 Å². The summed E-state index contributed by atoms with van der Waals surface area (Å²) in [5.41, 5.74) is 0.578. The molecule has 0 bridgehead atoms. The first kappa shape index (κ1) is 19.9. The molecule has 2 aromatic carbocycles. The predicted molar refractivity (Wildman–Crippen MR) is 105 cm³/mol. The predicted octanol–water partition coefficient (Wildman–Crippen LogP) is 3.16. The van der Waals surface area contributed by atoms with Gasteiger partial charge in [-0.15, -0.1) is 0 Å². The minimum atomic E-state index is -1.63. The summed E-state index contributed by atoms with van der Waals surface area (Å²) < 4.78 is 10.1. The fraction of sp³-hybridized carbons (Fsp3) is 0.364. The van der Waals surface area contributed by atoms with Crippen LogP contribution in [0.5, 0.6) is 5.75 Å². The largest absolute Gasteiger partial charge is 0.497 e. The normalized spacial score (nSPS) is 18.1. The van der Waals surface area contributed by atoms with Crippen LogP contribution in [0, 0.1) is 0 Å². The molecule has 148 valence electrons. The summed E-state index contributed by atoms with van der Waals surface area (Å²) in [5.74, 6) is 0.0562. The molecule has 0 saturated heterocycles. The molecule has 28 heavy (non-hydrogen) atoms. The van der Waals surface area contributed by atoms with Crippen LogP contribution in [-0.2, 0) is 26.5 Å². The van der Waals surface area contributed by atoms with E-state index in [4.69, 9.17) is 9.47 Å². The van der Waals surface area contributed by atoms with Crippen molar-refractivity contribution in [2.24, 2.45) is 0 Å². The Balaban J connectivity index is 1.79. The number of anilines is 1. The number of methoxy groups -OCH3 is 1. The first-order valence-corrected chi connectivity index (χ1v) is 9.42. The van der Waals surface area contributed by atoms with E-state index in [1.165, 1.54) is 0 Å². The van der Waals surface area contributed by atoms with Crippen molar-refractivity contribution in [3.8, 4) is 5.75 Å². The molecule has 6 nitrogen and oxygen atoms in total. The van der Waals surface area contributed by atoms with Crippen molar-refractivity contribution in [3.63, 3.8) is 0 Å². The number of nitrogens with zero attached hydrogens (tertiary/aromatic N) is 1. The van der Waals surface area contributed by atoms with Crippen LogP contribution in [0.25, 0.3) is 0 Å². The molecule has 0 fully saturated rings. The van der Waals surface area contributed by atoms with Crippen molar-refractivity contribution < 1.29 is 24.2 Å². The average molecular weight is 383 g/mol. The van der Waals surface area contributed by atoms with Gasteiger partial charge in [-0.25, -0.2) is 0 Å². The lowest BCUT2D eigenvalue weighted by Crippen LogP contribution is -2.40. The summed E-state index contributed by atoms with van der Waals surface area (Å²) in [6.07, 6.45) is 0.705. The van der Waals surface area contributed by atoms with Crippen molar-refractivity contribution in [3.05, 3.63) is 59.7 Å². The molecule has 0 aromatic heterocycles. The molecule has 0 radical (unpaired) electrons. The molecule has 0 spiro atoms. The van der Waals surface area contributed by atoms with Crippen molar-refractivity contribution in [2.45, 2.75) is 38.3 Å². The minimum Gasteiger partial charge on any atom is -0.497 e. The third-order valence-corrected chi connectivity index (χ3v) is 4.96. The second-order valence-electron chi connectivity index (χ2n) is 6.78. The standard InChI is InChI=1S/C22H25NO5/c1-3-28-20(24)9-6-14-22(26)18-7-4-5-8-19(18)23(21(22)25)15-16-10-12-17(27-2)13-11-16/h4-5,7-8,10-13,26H,3,6,9,14-15H2,1-2H3. The zero-order valence-electron chi connectivity index (χ0n) is 16.2. The fourth-order valence-electron chi connectivity index (χ4n) is 3.54. The number of hydrogen-bond acceptors (Lipinski definition) is 5. The molecule has 1 aliphatic rings. The molecular weight excluding hydrogens is 358 g/mol. The second-order valence-corrected chi connectivity index (χ2v) is 6.78. The summed E-state index contributed by atoms with van der Waals surface area (Å²) >= 11 is 0. The summed E-state index contributed by atoms with van der Waals surface area (Å²) in [5, 5.41) is 11.2. The smallest absolute Gasteiger partial charge is 0.305 e. The molecule has 1 amide bonds. The van der Waals surface area contributed by atoms with Crippen LogP contribution in [0.3, 0.4) is 0 Å². The number of rotatable bonds is 8. The van der Waals surface area contributed by atoms with E-state index >= 15 is 0 Å². The van der Waals surface area contributed by atoms with Crippen LogP contribution in [-0.4, -0.2) is 30.7 Å². The van der Waals surface area contributed by atoms with E-state index in [0.717, 1.165) is 11.3 Å². The van der Waals surface area contributed by atoms with Crippen LogP contribution >= 0.6 is 0 Å². The summed E-state index contributed by atoms with van der Waals surface area (Å²) in [4.78, 5) is 26.3. The molecule has 1 N–H and O–H groups in total. The first-order valence-electron chi connectivity index (χ1n) is 9.42. The van der Waals surface area contributed by atoms with Crippen molar-refractivity contribution in [1.82, 2.24) is 0 Å². The minimum absolute atomic E-state index is 0.167. The van der Waals surface area contributed by atoms with Crippen LogP contribution in [0.2, 0.25) is 0 Å². The van der Waals surface area contributed by atoms with Gasteiger partial charge in [0.15, 0.2) is 5.60 Å². The Morgan fingerprint density at radius 3 is 2.54 bits per heavy atom. The number of carbonyl (C=O) groups excluding carboxylic acids is 2. The number of ether oxygens (including phenoxy) is 2. The monoisotopic (exact) mass is 383 g/mol. The van der Waals surface area contributed by atoms with Gasteiger partial charge in [-0.3, -0.25) is 9.59 Å². The molecule has 1 unspecified atom stereocenters. The summed E-state index contributed by atoms with van der Waals surface area (Å²) in [6.45, 7) is 2.42. The zero-order chi connectivity index (χ0) is 20.1. The molecule has 1 heterocycles. The number of carbonyl (C=O) groups is 2. The number of esters is 1. The maximum Gasteiger partial charge on any atom is 0.305 e. The Morgan fingerprint density at radius 1 is 1.14 bits per heavy atom. The molecule has 0 saturated carbocycles. The van der Waals surface area contributed by atoms with Gasteiger partial charge in [0.05, 0.1) is 25.9 Å². The summed E-state index contributed by atoms with van der Waals surface area (Å²) in [7, 11) is 1.60. The number of para-hydroxylation sites is 1. The Hall–Kier alpha value is -2.86. The molecular formula is C22H25NO5. The van der Waals surface area contributed by atoms with Crippen LogP contribution in [0.1, 0.15) is 37.3 Å². The van der Waals surface area contributed by atoms with E-state index in [1.54, 1.807) is 31.1 Å². The van der Waals surface area contributed by atoms with E-state index in [2.05, 4.69) is 0 Å². The number of amides is 1. The van der Waals surface area contributed by atoms with Crippen LogP contribution in [0.15, 0.2) is 48.5 Å². The Morgan fingerprint density at radius 2 is 1.86 bits per heavy atom. The topological polar surface area (TPSA) is 76.1 Å². The third kappa shape index (κ3) is 3.87. The molecule has 6 heteroatoms. The van der Waals surface area contributed by atoms with Gasteiger partial charge in [0.1, 0.15) is 5.75 Å². The second kappa shape index (κ2) is 8.44. The average Bonchev–Trinajstić information content (AvgIpc) is 2.91. The lowest BCUT2D eigenvalue weighted by Gasteiger charge is -2.23. The maximum absolute atomic E-state index is 13.1. The SMILES string of the molecule is CCOC(=O)CCCC1(O)C(=O)N(Cc2ccc(OC)cc2)c2ccccc21. The van der Waals surface area contributed by atoms with Gasteiger partial charge < -0.3 is 19.5 Å². The quantitative estimate of drug-likeness (QED) is 0.709. The van der Waals surface area contributed by atoms with Gasteiger partial charge in [-0.2, -0.15) is 0 Å². The number of hydrogen-bond donors (Lipinski definition) is 1. The van der Waals surface area contributed by atoms with Gasteiger partial charge in [0.25, 0.3) is 5.91 Å². The number of benzene rings is 2. The van der Waals surface area contributed by atoms with Crippen molar-refractivity contribution >= 4 is 17.6 Å². The highest BCUT2D eigenvalue weighted by Gasteiger charge is 2.49. The van der Waals surface area contributed by atoms with Gasteiger partial charge in [0, 0.05) is 12.0 Å². The van der Waals surface area contributed by atoms with E-state index in [9.17, 15) is 14.7 Å².